The first kappa shape index (κ1) is 13.1. The van der Waals surface area contributed by atoms with E-state index in [1.165, 1.54) is 0 Å². The predicted molar refractivity (Wildman–Crippen MR) is 31.4 cm³/mol. The van der Waals surface area contributed by atoms with Crippen molar-refractivity contribution in [2.75, 3.05) is 7.05 Å². The van der Waals surface area contributed by atoms with Gasteiger partial charge in [0.1, 0.15) is 0 Å². The fraction of sp³-hybridized carbons (Fsp3) is 0.800. The maximum Gasteiger partial charge on any atom is 0.525 e. The Morgan fingerprint density at radius 3 is 1.64 bits per heavy atom. The van der Waals surface area contributed by atoms with Gasteiger partial charge in [-0.25, -0.2) is 4.74 Å². The highest BCUT2D eigenvalue weighted by atomic mass is 19.4. The molecule has 0 aliphatic carbocycles. The predicted octanol–water partition coefficient (Wildman–Crippen LogP) is 2.45. The molecule has 0 amide bonds. The van der Waals surface area contributed by atoms with Gasteiger partial charge in [-0.1, -0.05) is 0 Å². The molecule has 1 atom stereocenters. The van der Waals surface area contributed by atoms with Crippen molar-refractivity contribution in [2.45, 2.75) is 18.4 Å². The molecule has 0 heterocycles. The second-order valence-electron chi connectivity index (χ2n) is 2.08. The third-order valence-corrected chi connectivity index (χ3v) is 0.946. The Morgan fingerprint density at radius 2 is 1.43 bits per heavy atom. The van der Waals surface area contributed by atoms with E-state index in [9.17, 15) is 30.7 Å². The first-order chi connectivity index (χ1) is 6.02. The molecule has 0 bridgehead atoms. The molecular formula is C5H4F7NO. The lowest BCUT2D eigenvalue weighted by Crippen LogP contribution is -2.48. The molecule has 84 valence electrons. The maximum atomic E-state index is 12.6. The van der Waals surface area contributed by atoms with Crippen molar-refractivity contribution in [3.8, 4) is 0 Å². The first-order valence-electron chi connectivity index (χ1n) is 2.98. The smallest absolute Gasteiger partial charge is 0.295 e. The van der Waals surface area contributed by atoms with Crippen LogP contribution in [0.15, 0.2) is 4.99 Å². The number of rotatable bonds is 2. The first-order valence-corrected chi connectivity index (χ1v) is 2.98. The number of halogens is 7. The lowest BCUT2D eigenvalue weighted by atomic mass is 10.3. The highest BCUT2D eigenvalue weighted by Gasteiger charge is 2.61. The number of alkyl halides is 7. The van der Waals surface area contributed by atoms with Crippen molar-refractivity contribution in [1.29, 1.82) is 0 Å². The van der Waals surface area contributed by atoms with E-state index < -0.39 is 24.6 Å². The quantitative estimate of drug-likeness (QED) is 0.524. The van der Waals surface area contributed by atoms with E-state index in [0.717, 1.165) is 0 Å². The second kappa shape index (κ2) is 3.71. The van der Waals surface area contributed by atoms with Crippen molar-refractivity contribution in [3.63, 3.8) is 0 Å². The van der Waals surface area contributed by atoms with Gasteiger partial charge in [0.2, 0.25) is 0 Å². The molecule has 2 nitrogen and oxygen atoms in total. The minimum absolute atomic E-state index is 0.611. The van der Waals surface area contributed by atoms with Crippen LogP contribution in [0.2, 0.25) is 0 Å². The largest absolute Gasteiger partial charge is 0.525 e. The molecule has 0 saturated heterocycles. The van der Waals surface area contributed by atoms with E-state index in [1.807, 2.05) is 0 Å². The standard InChI is InChI=1S/C5H4F7NO/c1-13-2-3(6,4(7,8)9)14-5(10,11)12/h2H,1H3/b13-2+. The van der Waals surface area contributed by atoms with Crippen LogP contribution in [-0.4, -0.2) is 31.7 Å². The van der Waals surface area contributed by atoms with E-state index >= 15 is 0 Å². The number of nitrogens with zero attached hydrogens (tertiary/aromatic N) is 1. The summed E-state index contributed by atoms with van der Waals surface area (Å²) in [4.78, 5) is 2.51. The lowest BCUT2D eigenvalue weighted by molar-refractivity contribution is -0.424. The van der Waals surface area contributed by atoms with Crippen LogP contribution in [0.25, 0.3) is 0 Å². The van der Waals surface area contributed by atoms with Gasteiger partial charge >= 0.3 is 18.4 Å². The molecule has 0 saturated carbocycles. The summed E-state index contributed by atoms with van der Waals surface area (Å²) in [6.07, 6.45) is -12.2. The molecule has 0 spiro atoms. The summed E-state index contributed by atoms with van der Waals surface area (Å²) in [5, 5.41) is 0. The fourth-order valence-corrected chi connectivity index (χ4v) is 0.492. The molecule has 0 aromatic carbocycles. The maximum absolute atomic E-state index is 12.6. The van der Waals surface area contributed by atoms with E-state index in [1.54, 1.807) is 0 Å². The summed E-state index contributed by atoms with van der Waals surface area (Å²) in [5.41, 5.74) is 0. The van der Waals surface area contributed by atoms with E-state index in [2.05, 4.69) is 9.73 Å². The van der Waals surface area contributed by atoms with Gasteiger partial charge in [-0.05, 0) is 0 Å². The zero-order chi connectivity index (χ0) is 11.6. The SMILES string of the molecule is C/N=C/C(F)(OC(F)(F)F)C(F)(F)F. The molecule has 0 aromatic heterocycles. The van der Waals surface area contributed by atoms with Crippen LogP contribution in [0.4, 0.5) is 30.7 Å². The molecule has 14 heavy (non-hydrogen) atoms. The molecule has 0 aliphatic rings. The van der Waals surface area contributed by atoms with Gasteiger partial charge in [-0.2, -0.15) is 17.6 Å². The Kier molecular flexibility index (Phi) is 3.49. The van der Waals surface area contributed by atoms with Crippen LogP contribution < -0.4 is 0 Å². The minimum atomic E-state index is -5.85. The third kappa shape index (κ3) is 3.48. The molecule has 0 aromatic rings. The molecular weight excluding hydrogens is 223 g/mol. The Morgan fingerprint density at radius 1 is 1.00 bits per heavy atom. The minimum Gasteiger partial charge on any atom is -0.295 e. The lowest BCUT2D eigenvalue weighted by Gasteiger charge is -2.24. The zero-order valence-corrected chi connectivity index (χ0v) is 6.58. The summed E-state index contributed by atoms with van der Waals surface area (Å²) in [6.45, 7) is 0. The van der Waals surface area contributed by atoms with Crippen molar-refractivity contribution in [1.82, 2.24) is 0 Å². The molecule has 1 unspecified atom stereocenters. The van der Waals surface area contributed by atoms with Gasteiger partial charge in [0.05, 0.1) is 6.21 Å². The molecule has 0 rings (SSSR count). The van der Waals surface area contributed by atoms with Gasteiger partial charge in [-0.15, -0.1) is 13.2 Å². The number of hydrogen-bond acceptors (Lipinski definition) is 2. The van der Waals surface area contributed by atoms with Crippen LogP contribution in [-0.2, 0) is 4.74 Å². The number of aliphatic imine (C=N–C) groups is 1. The summed E-state index contributed by atoms with van der Waals surface area (Å²) in [7, 11) is 0.680. The van der Waals surface area contributed by atoms with Crippen molar-refractivity contribution in [2.24, 2.45) is 4.99 Å². The number of hydrogen-bond donors (Lipinski definition) is 0. The summed E-state index contributed by atoms with van der Waals surface area (Å²) < 4.78 is 84.2. The summed E-state index contributed by atoms with van der Waals surface area (Å²) >= 11 is 0. The Balaban J connectivity index is 4.93. The van der Waals surface area contributed by atoms with Crippen LogP contribution in [0.1, 0.15) is 0 Å². The third-order valence-electron chi connectivity index (χ3n) is 0.946. The van der Waals surface area contributed by atoms with Gasteiger partial charge in [0.15, 0.2) is 0 Å². The normalized spacial score (nSPS) is 18.6. The second-order valence-corrected chi connectivity index (χ2v) is 2.08. The Bertz CT molecular complexity index is 219. The van der Waals surface area contributed by atoms with E-state index in [4.69, 9.17) is 0 Å². The summed E-state index contributed by atoms with van der Waals surface area (Å²) in [5.74, 6) is -4.94. The van der Waals surface area contributed by atoms with E-state index in [-0.39, 0.29) is 0 Å². The fourth-order valence-electron chi connectivity index (χ4n) is 0.492. The molecule has 0 N–H and O–H groups in total. The van der Waals surface area contributed by atoms with Gasteiger partial charge in [0, 0.05) is 7.05 Å². The molecule has 0 aliphatic heterocycles. The van der Waals surface area contributed by atoms with Crippen LogP contribution in [0.5, 0.6) is 0 Å². The van der Waals surface area contributed by atoms with Crippen molar-refractivity contribution < 1.29 is 35.5 Å². The highest BCUT2D eigenvalue weighted by molar-refractivity contribution is 5.67. The van der Waals surface area contributed by atoms with Gasteiger partial charge < -0.3 is 0 Å². The average molecular weight is 227 g/mol. The van der Waals surface area contributed by atoms with Crippen LogP contribution >= 0.6 is 0 Å². The monoisotopic (exact) mass is 227 g/mol. The summed E-state index contributed by atoms with van der Waals surface area (Å²) in [6, 6.07) is 0. The zero-order valence-electron chi connectivity index (χ0n) is 6.58. The van der Waals surface area contributed by atoms with Gasteiger partial charge in [0.25, 0.3) is 0 Å². The van der Waals surface area contributed by atoms with Gasteiger partial charge in [-0.3, -0.25) is 4.99 Å². The average Bonchev–Trinajstić information content (AvgIpc) is 1.79. The van der Waals surface area contributed by atoms with E-state index in [0.29, 0.717) is 7.05 Å². The Labute approximate surface area is 73.4 Å². The Hall–Kier alpha value is -0.860. The van der Waals surface area contributed by atoms with Crippen molar-refractivity contribution in [3.05, 3.63) is 0 Å². The topological polar surface area (TPSA) is 21.6 Å². The highest BCUT2D eigenvalue weighted by Crippen LogP contribution is 2.38. The van der Waals surface area contributed by atoms with Crippen molar-refractivity contribution >= 4 is 6.21 Å². The molecule has 0 fully saturated rings. The molecule has 0 radical (unpaired) electrons. The molecule has 9 heteroatoms. The van der Waals surface area contributed by atoms with Crippen LogP contribution in [0.3, 0.4) is 0 Å². The number of ether oxygens (including phenoxy) is 1. The van der Waals surface area contributed by atoms with Crippen LogP contribution in [0, 0.1) is 0 Å².